The van der Waals surface area contributed by atoms with Gasteiger partial charge < -0.3 is 20.3 Å². The van der Waals surface area contributed by atoms with E-state index in [4.69, 9.17) is 9.73 Å². The monoisotopic (exact) mass is 403 g/mol. The number of rotatable bonds is 8. The molecule has 0 atom stereocenters. The second-order valence-electron chi connectivity index (χ2n) is 8.37. The molecule has 0 radical (unpaired) electrons. The molecule has 162 valence electrons. The molecule has 7 nitrogen and oxygen atoms in total. The first-order valence-corrected chi connectivity index (χ1v) is 10.4. The molecule has 0 unspecified atom stereocenters. The molecule has 7 heteroatoms. The molecule has 29 heavy (non-hydrogen) atoms. The third kappa shape index (κ3) is 7.57. The Morgan fingerprint density at radius 1 is 1.14 bits per heavy atom. The number of carbonyl (C=O) groups is 1. The Kier molecular flexibility index (Phi) is 8.76. The highest BCUT2D eigenvalue weighted by atomic mass is 16.5. The van der Waals surface area contributed by atoms with E-state index in [2.05, 4.69) is 29.4 Å². The van der Waals surface area contributed by atoms with Gasteiger partial charge in [0.2, 0.25) is 5.91 Å². The zero-order valence-electron chi connectivity index (χ0n) is 18.6. The number of nitrogens with zero attached hydrogens (tertiary/aromatic N) is 3. The smallest absolute Gasteiger partial charge is 0.241 e. The van der Waals surface area contributed by atoms with Gasteiger partial charge in [-0.15, -0.1) is 0 Å². The second kappa shape index (κ2) is 11.0. The molecule has 2 rings (SSSR count). The summed E-state index contributed by atoms with van der Waals surface area (Å²) in [7, 11) is 5.17. The molecule has 2 N–H and O–H groups in total. The fourth-order valence-corrected chi connectivity index (χ4v) is 3.30. The molecule has 1 aliphatic rings. The standard InChI is InChI=1S/C22H37N5O2/c1-22(2,27-13-7-6-8-14-27)17-25-21(24-16-20(28)26(3)4)23-15-18-9-11-19(29-5)12-10-18/h9-12H,6-8,13-17H2,1-5H3,(H2,23,24,25). The van der Waals surface area contributed by atoms with Gasteiger partial charge in [0.1, 0.15) is 5.75 Å². The topological polar surface area (TPSA) is 69.2 Å². The van der Waals surface area contributed by atoms with Crippen LogP contribution in [0.5, 0.6) is 5.75 Å². The molecule has 0 saturated carbocycles. The maximum absolute atomic E-state index is 12.0. The second-order valence-corrected chi connectivity index (χ2v) is 8.37. The lowest BCUT2D eigenvalue weighted by Gasteiger charge is -2.41. The van der Waals surface area contributed by atoms with Crippen molar-refractivity contribution in [3.63, 3.8) is 0 Å². The van der Waals surface area contributed by atoms with Crippen LogP contribution in [0.25, 0.3) is 0 Å². The fraction of sp³-hybridized carbons (Fsp3) is 0.636. The first-order valence-electron chi connectivity index (χ1n) is 10.4. The first-order chi connectivity index (χ1) is 13.8. The molecule has 1 aliphatic heterocycles. The zero-order chi connectivity index (χ0) is 21.3. The van der Waals surface area contributed by atoms with E-state index in [-0.39, 0.29) is 18.0 Å². The summed E-state index contributed by atoms with van der Waals surface area (Å²) in [5.74, 6) is 1.49. The summed E-state index contributed by atoms with van der Waals surface area (Å²) in [5.41, 5.74) is 1.11. The lowest BCUT2D eigenvalue weighted by molar-refractivity contribution is -0.127. The van der Waals surface area contributed by atoms with Gasteiger partial charge in [-0.05, 0) is 57.5 Å². The van der Waals surface area contributed by atoms with Crippen molar-refractivity contribution in [1.29, 1.82) is 0 Å². The molecule has 0 spiro atoms. The van der Waals surface area contributed by atoms with Gasteiger partial charge in [0.25, 0.3) is 0 Å². The Morgan fingerprint density at radius 3 is 2.38 bits per heavy atom. The minimum Gasteiger partial charge on any atom is -0.497 e. The van der Waals surface area contributed by atoms with Crippen molar-refractivity contribution in [3.8, 4) is 5.75 Å². The molecular formula is C22H37N5O2. The summed E-state index contributed by atoms with van der Waals surface area (Å²) < 4.78 is 5.21. The number of aliphatic imine (C=N–C) groups is 1. The van der Waals surface area contributed by atoms with Gasteiger partial charge in [-0.2, -0.15) is 0 Å². The molecule has 1 heterocycles. The highest BCUT2D eigenvalue weighted by molar-refractivity contribution is 5.86. The van der Waals surface area contributed by atoms with Crippen molar-refractivity contribution in [2.24, 2.45) is 4.99 Å². The number of methoxy groups -OCH3 is 1. The van der Waals surface area contributed by atoms with E-state index < -0.39 is 0 Å². The van der Waals surface area contributed by atoms with E-state index in [9.17, 15) is 4.79 Å². The van der Waals surface area contributed by atoms with Crippen molar-refractivity contribution in [2.75, 3.05) is 47.4 Å². The predicted octanol–water partition coefficient (Wildman–Crippen LogP) is 2.08. The summed E-state index contributed by atoms with van der Waals surface area (Å²) in [4.78, 5) is 20.8. The number of nitrogens with one attached hydrogen (secondary N) is 2. The van der Waals surface area contributed by atoms with Crippen molar-refractivity contribution < 1.29 is 9.53 Å². The van der Waals surface area contributed by atoms with E-state index in [1.807, 2.05) is 24.3 Å². The quantitative estimate of drug-likeness (QED) is 0.514. The molecule has 0 aliphatic carbocycles. The van der Waals surface area contributed by atoms with E-state index in [1.165, 1.54) is 19.3 Å². The fourth-order valence-electron chi connectivity index (χ4n) is 3.30. The van der Waals surface area contributed by atoms with E-state index >= 15 is 0 Å². The summed E-state index contributed by atoms with van der Waals surface area (Å²) in [6.45, 7) is 8.30. The highest BCUT2D eigenvalue weighted by Gasteiger charge is 2.28. The van der Waals surface area contributed by atoms with Gasteiger partial charge in [-0.1, -0.05) is 18.6 Å². The number of carbonyl (C=O) groups excluding carboxylic acids is 1. The first kappa shape index (κ1) is 23.0. The average molecular weight is 404 g/mol. The van der Waals surface area contributed by atoms with Gasteiger partial charge in [-0.3, -0.25) is 9.69 Å². The number of likely N-dealkylation sites (N-methyl/N-ethyl adjacent to an activating group) is 1. The molecule has 1 aromatic carbocycles. The van der Waals surface area contributed by atoms with Crippen LogP contribution in [0.15, 0.2) is 29.3 Å². The minimum atomic E-state index is 0.0132. The third-order valence-electron chi connectivity index (χ3n) is 5.39. The number of ether oxygens (including phenoxy) is 1. The van der Waals surface area contributed by atoms with E-state index in [0.717, 1.165) is 30.9 Å². The third-order valence-corrected chi connectivity index (χ3v) is 5.39. The molecule has 0 bridgehead atoms. The number of piperidine rings is 1. The van der Waals surface area contributed by atoms with Gasteiger partial charge in [0.15, 0.2) is 5.96 Å². The van der Waals surface area contributed by atoms with Crippen LogP contribution in [-0.4, -0.2) is 74.6 Å². The lowest BCUT2D eigenvalue weighted by Crippen LogP contribution is -2.55. The lowest BCUT2D eigenvalue weighted by atomic mass is 9.98. The number of hydrogen-bond donors (Lipinski definition) is 2. The van der Waals surface area contributed by atoms with Crippen LogP contribution in [0.4, 0.5) is 0 Å². The largest absolute Gasteiger partial charge is 0.497 e. The molecule has 0 aromatic heterocycles. The molecule has 1 saturated heterocycles. The Hall–Kier alpha value is -2.28. The van der Waals surface area contributed by atoms with Crippen molar-refractivity contribution in [2.45, 2.75) is 45.2 Å². The van der Waals surface area contributed by atoms with Crippen LogP contribution in [0.3, 0.4) is 0 Å². The number of hydrogen-bond acceptors (Lipinski definition) is 4. The Balaban J connectivity index is 2.01. The maximum Gasteiger partial charge on any atom is 0.241 e. The Bertz CT molecular complexity index is 664. The van der Waals surface area contributed by atoms with Crippen LogP contribution >= 0.6 is 0 Å². The Labute approximate surface area is 175 Å². The average Bonchev–Trinajstić information content (AvgIpc) is 2.73. The summed E-state index contributed by atoms with van der Waals surface area (Å²) in [6.07, 6.45) is 3.84. The molecular weight excluding hydrogens is 366 g/mol. The normalized spacial score (nSPS) is 15.7. The minimum absolute atomic E-state index is 0.0132. The predicted molar refractivity (Wildman–Crippen MR) is 118 cm³/mol. The van der Waals surface area contributed by atoms with Crippen LogP contribution in [0.1, 0.15) is 38.7 Å². The van der Waals surface area contributed by atoms with Crippen molar-refractivity contribution in [1.82, 2.24) is 20.4 Å². The molecule has 1 fully saturated rings. The molecule has 1 amide bonds. The van der Waals surface area contributed by atoms with E-state index in [1.54, 1.807) is 26.1 Å². The van der Waals surface area contributed by atoms with Gasteiger partial charge in [-0.25, -0.2) is 4.99 Å². The number of amides is 1. The van der Waals surface area contributed by atoms with Gasteiger partial charge in [0.05, 0.1) is 20.2 Å². The van der Waals surface area contributed by atoms with Crippen LogP contribution in [0, 0.1) is 0 Å². The van der Waals surface area contributed by atoms with Crippen LogP contribution < -0.4 is 15.4 Å². The van der Waals surface area contributed by atoms with Crippen molar-refractivity contribution in [3.05, 3.63) is 29.8 Å². The van der Waals surface area contributed by atoms with Crippen LogP contribution in [0.2, 0.25) is 0 Å². The summed E-state index contributed by atoms with van der Waals surface area (Å²) >= 11 is 0. The number of benzene rings is 1. The maximum atomic E-state index is 12.0. The summed E-state index contributed by atoms with van der Waals surface area (Å²) in [5, 5.41) is 6.62. The highest BCUT2D eigenvalue weighted by Crippen LogP contribution is 2.19. The van der Waals surface area contributed by atoms with Crippen LogP contribution in [-0.2, 0) is 11.3 Å². The van der Waals surface area contributed by atoms with Crippen molar-refractivity contribution >= 4 is 11.9 Å². The van der Waals surface area contributed by atoms with E-state index in [0.29, 0.717) is 12.5 Å². The number of likely N-dealkylation sites (tertiary alicyclic amines) is 1. The number of guanidine groups is 1. The van der Waals surface area contributed by atoms with Gasteiger partial charge in [0, 0.05) is 26.2 Å². The van der Waals surface area contributed by atoms with Gasteiger partial charge >= 0.3 is 0 Å². The zero-order valence-corrected chi connectivity index (χ0v) is 18.6. The SMILES string of the molecule is COc1ccc(CN=C(NCC(=O)N(C)C)NCC(C)(C)N2CCCCC2)cc1. The molecule has 1 aromatic rings. The Morgan fingerprint density at radius 2 is 1.79 bits per heavy atom. The summed E-state index contributed by atoms with van der Waals surface area (Å²) in [6, 6.07) is 7.87.